The Balaban J connectivity index is 1.54. The number of hydrogen-bond donors (Lipinski definition) is 4. The maximum absolute atomic E-state index is 13.5. The van der Waals surface area contributed by atoms with Gasteiger partial charge in [-0.2, -0.15) is 0 Å². The molecule has 0 unspecified atom stereocenters. The van der Waals surface area contributed by atoms with Crippen molar-refractivity contribution in [1.29, 1.82) is 0 Å². The Morgan fingerprint density at radius 2 is 1.97 bits per heavy atom. The topological polar surface area (TPSA) is 120 Å². The molecule has 184 valence electrons. The van der Waals surface area contributed by atoms with Crippen molar-refractivity contribution in [3.63, 3.8) is 0 Å². The third-order valence-corrected chi connectivity index (χ3v) is 6.38. The fourth-order valence-electron chi connectivity index (χ4n) is 4.59. The van der Waals surface area contributed by atoms with Gasteiger partial charge in [0, 0.05) is 54.6 Å². The molecule has 34 heavy (non-hydrogen) atoms. The zero-order valence-electron chi connectivity index (χ0n) is 19.1. The summed E-state index contributed by atoms with van der Waals surface area (Å²) in [6.45, 7) is 5.72. The Bertz CT molecular complexity index is 1040. The summed E-state index contributed by atoms with van der Waals surface area (Å²) in [5.74, 6) is -2.75. The van der Waals surface area contributed by atoms with Gasteiger partial charge in [0.15, 0.2) is 11.6 Å². The van der Waals surface area contributed by atoms with Crippen molar-refractivity contribution in [2.75, 3.05) is 31.6 Å². The third kappa shape index (κ3) is 5.05. The molecule has 1 aliphatic carbocycles. The summed E-state index contributed by atoms with van der Waals surface area (Å²) >= 11 is 0. The van der Waals surface area contributed by atoms with Crippen LogP contribution in [-0.4, -0.2) is 70.4 Å². The number of benzene rings is 1. The lowest BCUT2D eigenvalue weighted by atomic mass is 9.95. The second-order valence-corrected chi connectivity index (χ2v) is 9.01. The zero-order chi connectivity index (χ0) is 24.4. The highest BCUT2D eigenvalue weighted by Gasteiger charge is 2.49. The highest BCUT2D eigenvalue weighted by Crippen LogP contribution is 2.40. The fraction of sp³-hybridized carbons (Fsp3) is 0.522. The summed E-state index contributed by atoms with van der Waals surface area (Å²) in [5, 5.41) is 16.5. The molecule has 1 saturated carbocycles. The number of nitrogens with one attached hydrogen (secondary N) is 3. The Morgan fingerprint density at radius 3 is 2.62 bits per heavy atom. The minimum atomic E-state index is -1.08. The van der Waals surface area contributed by atoms with Gasteiger partial charge in [0.05, 0.1) is 25.2 Å². The van der Waals surface area contributed by atoms with E-state index < -0.39 is 41.6 Å². The lowest BCUT2D eigenvalue weighted by Gasteiger charge is -2.30. The van der Waals surface area contributed by atoms with E-state index in [1.54, 1.807) is 11.1 Å². The number of urea groups is 1. The zero-order valence-corrected chi connectivity index (χ0v) is 19.1. The summed E-state index contributed by atoms with van der Waals surface area (Å²) in [4.78, 5) is 35.1. The lowest BCUT2D eigenvalue weighted by molar-refractivity contribution is -0.142. The van der Waals surface area contributed by atoms with E-state index in [0.29, 0.717) is 32.0 Å². The van der Waals surface area contributed by atoms with E-state index in [0.717, 1.165) is 18.0 Å². The number of H-pyrrole nitrogens is 1. The minimum Gasteiger partial charge on any atom is -0.392 e. The standard InChI is InChI=1S/C23H29F2N5O4/c1-12(2)21-26-11-18(28-21)19-17(29-23(33)27-13-3-4-15(24)16(25)9-13)10-14(20(19)31)22(32)30-5-7-34-8-6-30/h3-4,9,11-12,14,17,19-20,31H,5-8,10H2,1-2H3,(H,26,28)(H2,27,29,33)/t14-,17+,19+,20+/m0/s1. The van der Waals surface area contributed by atoms with Gasteiger partial charge in [-0.3, -0.25) is 4.79 Å². The molecule has 4 N–H and O–H groups in total. The van der Waals surface area contributed by atoms with E-state index in [-0.39, 0.29) is 23.9 Å². The number of aliphatic hydroxyl groups is 1. The van der Waals surface area contributed by atoms with Crippen molar-refractivity contribution in [3.05, 3.63) is 47.5 Å². The monoisotopic (exact) mass is 477 g/mol. The van der Waals surface area contributed by atoms with Gasteiger partial charge in [0.1, 0.15) is 5.82 Å². The van der Waals surface area contributed by atoms with Crippen LogP contribution in [0.3, 0.4) is 0 Å². The molecular weight excluding hydrogens is 448 g/mol. The summed E-state index contributed by atoms with van der Waals surface area (Å²) < 4.78 is 32.0. The summed E-state index contributed by atoms with van der Waals surface area (Å²) in [6, 6.07) is 1.78. The number of imidazole rings is 1. The Kier molecular flexibility index (Phi) is 7.13. The van der Waals surface area contributed by atoms with Crippen LogP contribution in [0.5, 0.6) is 0 Å². The number of carbonyl (C=O) groups is 2. The maximum atomic E-state index is 13.5. The number of rotatable bonds is 5. The highest BCUT2D eigenvalue weighted by atomic mass is 19.2. The van der Waals surface area contributed by atoms with E-state index in [4.69, 9.17) is 4.74 Å². The number of morpholine rings is 1. The largest absolute Gasteiger partial charge is 0.392 e. The quantitative estimate of drug-likeness (QED) is 0.527. The SMILES string of the molecule is CC(C)c1ncc([C@@H]2[C@H](O)[C@@H](C(=O)N3CCOCC3)C[C@H]2NC(=O)Nc2ccc(F)c(F)c2)[nH]1. The van der Waals surface area contributed by atoms with Crippen LogP contribution >= 0.6 is 0 Å². The molecule has 2 fully saturated rings. The first-order valence-electron chi connectivity index (χ1n) is 11.4. The van der Waals surface area contributed by atoms with Gasteiger partial charge in [-0.25, -0.2) is 18.6 Å². The fourth-order valence-corrected chi connectivity index (χ4v) is 4.59. The molecular formula is C23H29F2N5O4. The second kappa shape index (κ2) is 10.1. The third-order valence-electron chi connectivity index (χ3n) is 6.38. The van der Waals surface area contributed by atoms with Crippen LogP contribution in [0.2, 0.25) is 0 Å². The number of amides is 3. The first-order valence-corrected chi connectivity index (χ1v) is 11.4. The summed E-state index contributed by atoms with van der Waals surface area (Å²) in [5.41, 5.74) is 0.697. The number of anilines is 1. The van der Waals surface area contributed by atoms with Crippen LogP contribution in [0.15, 0.2) is 24.4 Å². The number of nitrogens with zero attached hydrogens (tertiary/aromatic N) is 2. The van der Waals surface area contributed by atoms with Crippen LogP contribution in [0.25, 0.3) is 0 Å². The Labute approximate surface area is 195 Å². The molecule has 1 aromatic carbocycles. The number of aromatic nitrogens is 2. The maximum Gasteiger partial charge on any atom is 0.319 e. The van der Waals surface area contributed by atoms with Gasteiger partial charge in [-0.1, -0.05) is 13.8 Å². The number of aromatic amines is 1. The molecule has 11 heteroatoms. The highest BCUT2D eigenvalue weighted by molar-refractivity contribution is 5.89. The van der Waals surface area contributed by atoms with Gasteiger partial charge in [-0.15, -0.1) is 0 Å². The molecule has 4 atom stereocenters. The van der Waals surface area contributed by atoms with Crippen molar-refractivity contribution >= 4 is 17.6 Å². The van der Waals surface area contributed by atoms with E-state index >= 15 is 0 Å². The van der Waals surface area contributed by atoms with Gasteiger partial charge in [0.2, 0.25) is 5.91 Å². The molecule has 1 aromatic heterocycles. The number of halogens is 2. The molecule has 1 saturated heterocycles. The van der Waals surface area contributed by atoms with Crippen LogP contribution in [0, 0.1) is 17.6 Å². The smallest absolute Gasteiger partial charge is 0.319 e. The van der Waals surface area contributed by atoms with E-state index in [2.05, 4.69) is 20.6 Å². The normalized spacial score (nSPS) is 24.9. The molecule has 2 aromatic rings. The first kappa shape index (κ1) is 24.1. The van der Waals surface area contributed by atoms with Crippen molar-refractivity contribution < 1.29 is 28.2 Å². The minimum absolute atomic E-state index is 0.0797. The number of hydrogen-bond acceptors (Lipinski definition) is 5. The van der Waals surface area contributed by atoms with Crippen molar-refractivity contribution in [2.45, 2.75) is 44.2 Å². The molecule has 1 aliphatic heterocycles. The molecule has 2 aliphatic rings. The number of carbonyl (C=O) groups excluding carboxylic acids is 2. The van der Waals surface area contributed by atoms with E-state index in [1.165, 1.54) is 6.07 Å². The van der Waals surface area contributed by atoms with Crippen LogP contribution in [0.1, 0.15) is 43.6 Å². The average molecular weight is 478 g/mol. The number of aliphatic hydroxyl groups excluding tert-OH is 1. The predicted octanol–water partition coefficient (Wildman–Crippen LogP) is 2.32. The molecule has 0 radical (unpaired) electrons. The first-order chi connectivity index (χ1) is 16.2. The lowest BCUT2D eigenvalue weighted by Crippen LogP contribution is -2.45. The Morgan fingerprint density at radius 1 is 1.24 bits per heavy atom. The van der Waals surface area contributed by atoms with Crippen molar-refractivity contribution in [1.82, 2.24) is 20.2 Å². The van der Waals surface area contributed by atoms with Gasteiger partial charge in [0.25, 0.3) is 0 Å². The summed E-state index contributed by atoms with van der Waals surface area (Å²) in [7, 11) is 0. The number of ether oxygens (including phenoxy) is 1. The molecule has 4 rings (SSSR count). The molecule has 3 amide bonds. The molecule has 0 bridgehead atoms. The van der Waals surface area contributed by atoms with Crippen LogP contribution in [0.4, 0.5) is 19.3 Å². The Hall–Kier alpha value is -3.05. The molecule has 9 nitrogen and oxygen atoms in total. The van der Waals surface area contributed by atoms with Crippen molar-refractivity contribution in [3.8, 4) is 0 Å². The average Bonchev–Trinajstić information content (AvgIpc) is 3.41. The predicted molar refractivity (Wildman–Crippen MR) is 119 cm³/mol. The van der Waals surface area contributed by atoms with Crippen LogP contribution < -0.4 is 10.6 Å². The summed E-state index contributed by atoms with van der Waals surface area (Å²) in [6.07, 6.45) is 0.778. The van der Waals surface area contributed by atoms with Gasteiger partial charge >= 0.3 is 6.03 Å². The molecule has 0 spiro atoms. The second-order valence-electron chi connectivity index (χ2n) is 9.01. The molecule has 2 heterocycles. The van der Waals surface area contributed by atoms with Crippen molar-refractivity contribution in [2.24, 2.45) is 5.92 Å². The van der Waals surface area contributed by atoms with Gasteiger partial charge < -0.3 is 30.4 Å². The van der Waals surface area contributed by atoms with Gasteiger partial charge in [-0.05, 0) is 18.6 Å². The van der Waals surface area contributed by atoms with Crippen LogP contribution in [-0.2, 0) is 9.53 Å². The van der Waals surface area contributed by atoms with E-state index in [9.17, 15) is 23.5 Å². The van der Waals surface area contributed by atoms with E-state index in [1.807, 2.05) is 13.8 Å².